The molecule has 2 aliphatic rings. The zero-order valence-corrected chi connectivity index (χ0v) is 18.4. The van der Waals surface area contributed by atoms with E-state index in [0.29, 0.717) is 19.0 Å². The van der Waals surface area contributed by atoms with Gasteiger partial charge in [0.1, 0.15) is 11.8 Å². The number of benzene rings is 2. The van der Waals surface area contributed by atoms with Crippen LogP contribution in [-0.4, -0.2) is 62.6 Å². The first-order valence-corrected chi connectivity index (χ1v) is 10.9. The smallest absolute Gasteiger partial charge is 0.321 e. The fraction of sp³-hybridized carbons (Fsp3) is 0.375. The molecule has 0 bridgehead atoms. The number of guanidine groups is 1. The molecule has 2 aromatic carbocycles. The average molecular weight is 437 g/mol. The van der Waals surface area contributed by atoms with E-state index in [4.69, 9.17) is 14.5 Å². The molecule has 1 saturated heterocycles. The summed E-state index contributed by atoms with van der Waals surface area (Å²) >= 11 is 0. The number of hydrogen-bond acceptors (Lipinski definition) is 7. The molecule has 8 nitrogen and oxygen atoms in total. The number of piperazine rings is 1. The number of amides is 1. The van der Waals surface area contributed by atoms with Crippen molar-refractivity contribution in [2.24, 2.45) is 10.9 Å². The maximum absolute atomic E-state index is 13.0. The normalized spacial score (nSPS) is 20.9. The van der Waals surface area contributed by atoms with Crippen LogP contribution in [0, 0.1) is 5.92 Å². The van der Waals surface area contributed by atoms with Crippen LogP contribution >= 0.6 is 0 Å². The van der Waals surface area contributed by atoms with Gasteiger partial charge in [0.05, 0.1) is 19.4 Å². The Bertz CT molecular complexity index is 987. The summed E-state index contributed by atoms with van der Waals surface area (Å²) in [6, 6.07) is 16.8. The van der Waals surface area contributed by atoms with Gasteiger partial charge in [-0.2, -0.15) is 0 Å². The van der Waals surface area contributed by atoms with Crippen molar-refractivity contribution in [1.82, 2.24) is 10.2 Å². The van der Waals surface area contributed by atoms with E-state index in [2.05, 4.69) is 15.1 Å². The minimum Gasteiger partial charge on any atom is -0.495 e. The summed E-state index contributed by atoms with van der Waals surface area (Å²) in [4.78, 5) is 34.6. The van der Waals surface area contributed by atoms with Crippen LogP contribution in [-0.2, 0) is 14.3 Å². The predicted octanol–water partition coefficient (Wildman–Crippen LogP) is 2.22. The van der Waals surface area contributed by atoms with Crippen molar-refractivity contribution >= 4 is 23.5 Å². The average Bonchev–Trinajstić information content (AvgIpc) is 2.84. The van der Waals surface area contributed by atoms with Crippen molar-refractivity contribution in [3.05, 3.63) is 60.2 Å². The van der Waals surface area contributed by atoms with E-state index in [0.717, 1.165) is 30.1 Å². The Morgan fingerprint density at radius 1 is 1.03 bits per heavy atom. The predicted molar refractivity (Wildman–Crippen MR) is 122 cm³/mol. The maximum Gasteiger partial charge on any atom is 0.321 e. The number of para-hydroxylation sites is 2. The van der Waals surface area contributed by atoms with Crippen LogP contribution in [0.15, 0.2) is 59.6 Å². The molecule has 1 fully saturated rings. The zero-order valence-electron chi connectivity index (χ0n) is 18.4. The second-order valence-electron chi connectivity index (χ2n) is 7.67. The molecule has 2 heterocycles. The van der Waals surface area contributed by atoms with E-state index >= 15 is 0 Å². The number of ether oxygens (including phenoxy) is 2. The summed E-state index contributed by atoms with van der Waals surface area (Å²) in [6.07, 6.45) is 0. The molecule has 0 unspecified atom stereocenters. The lowest BCUT2D eigenvalue weighted by Gasteiger charge is -2.40. The molecule has 0 saturated carbocycles. The van der Waals surface area contributed by atoms with Gasteiger partial charge in [0, 0.05) is 26.2 Å². The monoisotopic (exact) mass is 436 g/mol. The van der Waals surface area contributed by atoms with Gasteiger partial charge in [-0.3, -0.25) is 14.9 Å². The van der Waals surface area contributed by atoms with Crippen LogP contribution in [0.25, 0.3) is 0 Å². The second-order valence-corrected chi connectivity index (χ2v) is 7.67. The Balaban J connectivity index is 1.55. The quantitative estimate of drug-likeness (QED) is 0.572. The maximum atomic E-state index is 13.0. The lowest BCUT2D eigenvalue weighted by molar-refractivity contribution is -0.153. The fourth-order valence-electron chi connectivity index (χ4n) is 4.17. The van der Waals surface area contributed by atoms with Crippen molar-refractivity contribution in [1.29, 1.82) is 0 Å². The van der Waals surface area contributed by atoms with Crippen molar-refractivity contribution < 1.29 is 19.1 Å². The van der Waals surface area contributed by atoms with E-state index in [1.165, 1.54) is 0 Å². The number of carbonyl (C=O) groups excluding carboxylic acids is 2. The minimum atomic E-state index is -1.00. The van der Waals surface area contributed by atoms with Crippen molar-refractivity contribution in [3.63, 3.8) is 0 Å². The van der Waals surface area contributed by atoms with E-state index in [1.807, 2.05) is 54.6 Å². The van der Waals surface area contributed by atoms with E-state index in [1.54, 1.807) is 14.0 Å². The van der Waals surface area contributed by atoms with Gasteiger partial charge < -0.3 is 19.3 Å². The standard InChI is InChI=1S/C24H28N4O4/c1-3-32-23(30)20-21(17-9-5-4-6-10-17)25-24(26-22(20)29)28-15-13-27(14-16-28)18-11-7-8-12-19(18)31-2/h4-12,20-21H,3,13-16H2,1-2H3,(H,25,26,29)/t20-,21-/m1/s1. The third kappa shape index (κ3) is 4.39. The number of nitrogens with zero attached hydrogens (tertiary/aromatic N) is 3. The minimum absolute atomic E-state index is 0.214. The molecule has 0 radical (unpaired) electrons. The third-order valence-electron chi connectivity index (χ3n) is 5.78. The Morgan fingerprint density at radius 3 is 2.38 bits per heavy atom. The lowest BCUT2D eigenvalue weighted by atomic mass is 9.91. The number of rotatable bonds is 5. The summed E-state index contributed by atoms with van der Waals surface area (Å²) in [7, 11) is 1.67. The summed E-state index contributed by atoms with van der Waals surface area (Å²) in [5, 5.41) is 2.85. The molecule has 4 rings (SSSR count). The van der Waals surface area contributed by atoms with Gasteiger partial charge in [-0.05, 0) is 24.6 Å². The Kier molecular flexibility index (Phi) is 6.58. The summed E-state index contributed by atoms with van der Waals surface area (Å²) < 4.78 is 10.7. The van der Waals surface area contributed by atoms with Crippen molar-refractivity contribution in [3.8, 4) is 5.75 Å². The molecule has 2 atom stereocenters. The molecule has 168 valence electrons. The highest BCUT2D eigenvalue weighted by Crippen LogP contribution is 2.32. The number of anilines is 1. The van der Waals surface area contributed by atoms with Crippen LogP contribution in [0.4, 0.5) is 5.69 Å². The van der Waals surface area contributed by atoms with Crippen LogP contribution < -0.4 is 15.0 Å². The number of aliphatic imine (C=N–C) groups is 1. The van der Waals surface area contributed by atoms with Crippen LogP contribution in [0.3, 0.4) is 0 Å². The first-order valence-electron chi connectivity index (χ1n) is 10.9. The molecule has 8 heteroatoms. The van der Waals surface area contributed by atoms with Gasteiger partial charge in [0.2, 0.25) is 11.9 Å². The Hall–Kier alpha value is -3.55. The number of hydrogen-bond donors (Lipinski definition) is 1. The molecular formula is C24H28N4O4. The molecule has 1 N–H and O–H groups in total. The van der Waals surface area contributed by atoms with Crippen molar-refractivity contribution in [2.75, 3.05) is 44.8 Å². The number of esters is 1. The molecule has 2 aromatic rings. The second kappa shape index (κ2) is 9.72. The van der Waals surface area contributed by atoms with Crippen LogP contribution in [0.1, 0.15) is 18.5 Å². The first-order chi connectivity index (χ1) is 15.6. The summed E-state index contributed by atoms with van der Waals surface area (Å²) in [5.74, 6) is -0.595. The molecule has 0 spiro atoms. The van der Waals surface area contributed by atoms with E-state index < -0.39 is 17.9 Å². The molecule has 0 aromatic heterocycles. The van der Waals surface area contributed by atoms with Gasteiger partial charge in [-0.1, -0.05) is 42.5 Å². The highest BCUT2D eigenvalue weighted by Gasteiger charge is 2.42. The van der Waals surface area contributed by atoms with Crippen molar-refractivity contribution in [2.45, 2.75) is 13.0 Å². The molecule has 2 aliphatic heterocycles. The first kappa shape index (κ1) is 21.7. The Morgan fingerprint density at radius 2 is 1.69 bits per heavy atom. The van der Waals surface area contributed by atoms with E-state index in [9.17, 15) is 9.59 Å². The summed E-state index contributed by atoms with van der Waals surface area (Å²) in [5.41, 5.74) is 1.86. The number of carbonyl (C=O) groups is 2. The van der Waals surface area contributed by atoms with Crippen LogP contribution in [0.2, 0.25) is 0 Å². The molecule has 32 heavy (non-hydrogen) atoms. The number of nitrogens with one attached hydrogen (secondary N) is 1. The Labute approximate surface area is 187 Å². The summed E-state index contributed by atoms with van der Waals surface area (Å²) in [6.45, 7) is 4.82. The zero-order chi connectivity index (χ0) is 22.5. The van der Waals surface area contributed by atoms with Gasteiger partial charge in [-0.25, -0.2) is 4.99 Å². The van der Waals surface area contributed by atoms with Crippen LogP contribution in [0.5, 0.6) is 5.75 Å². The van der Waals surface area contributed by atoms with Gasteiger partial charge in [0.25, 0.3) is 0 Å². The SMILES string of the molecule is CCOC(=O)[C@H]1C(=O)NC(N2CCN(c3ccccc3OC)CC2)=N[C@@H]1c1ccccc1. The number of methoxy groups -OCH3 is 1. The highest BCUT2D eigenvalue weighted by atomic mass is 16.5. The van der Waals surface area contributed by atoms with Gasteiger partial charge in [0.15, 0.2) is 5.92 Å². The fourth-order valence-corrected chi connectivity index (χ4v) is 4.17. The topological polar surface area (TPSA) is 83.5 Å². The molecule has 1 amide bonds. The van der Waals surface area contributed by atoms with Gasteiger partial charge >= 0.3 is 5.97 Å². The molecule has 0 aliphatic carbocycles. The largest absolute Gasteiger partial charge is 0.495 e. The molecular weight excluding hydrogens is 408 g/mol. The van der Waals surface area contributed by atoms with Gasteiger partial charge in [-0.15, -0.1) is 0 Å². The lowest BCUT2D eigenvalue weighted by Crippen LogP contribution is -2.57. The highest BCUT2D eigenvalue weighted by molar-refractivity contribution is 6.08. The third-order valence-corrected chi connectivity index (χ3v) is 5.78. The van der Waals surface area contributed by atoms with E-state index in [-0.39, 0.29) is 12.5 Å².